The molecule has 1 aliphatic carbocycles. The van der Waals surface area contributed by atoms with Gasteiger partial charge in [-0.2, -0.15) is 0 Å². The van der Waals surface area contributed by atoms with Crippen LogP contribution in [0.25, 0.3) is 16.6 Å². The molecule has 0 unspecified atom stereocenters. The number of para-hydroxylation sites is 1. The van der Waals surface area contributed by atoms with Crippen molar-refractivity contribution in [1.29, 1.82) is 0 Å². The van der Waals surface area contributed by atoms with Gasteiger partial charge in [0.2, 0.25) is 5.78 Å². The molecule has 1 aliphatic heterocycles. The summed E-state index contributed by atoms with van der Waals surface area (Å²) in [7, 11) is 0. The van der Waals surface area contributed by atoms with E-state index in [9.17, 15) is 9.59 Å². The van der Waals surface area contributed by atoms with E-state index in [1.54, 1.807) is 18.2 Å². The van der Waals surface area contributed by atoms with Gasteiger partial charge in [-0.15, -0.1) is 0 Å². The van der Waals surface area contributed by atoms with E-state index in [0.717, 1.165) is 31.2 Å². The molecule has 5 rings (SSSR count). The summed E-state index contributed by atoms with van der Waals surface area (Å²) < 4.78 is 1.47. The average molecular weight is 393 g/mol. The third-order valence-electron chi connectivity index (χ3n) is 6.13. The Bertz CT molecular complexity index is 1160. The second kappa shape index (κ2) is 6.85. The molecule has 1 fully saturated rings. The Morgan fingerprint density at radius 1 is 0.929 bits per heavy atom. The van der Waals surface area contributed by atoms with Crippen molar-refractivity contribution in [2.75, 3.05) is 0 Å². The Balaban J connectivity index is 1.74. The Hall–Kier alpha value is -2.46. The molecule has 28 heavy (non-hydrogen) atoms. The molecule has 1 saturated carbocycles. The Labute approximate surface area is 168 Å². The van der Waals surface area contributed by atoms with E-state index in [-0.39, 0.29) is 23.1 Å². The van der Waals surface area contributed by atoms with Crippen molar-refractivity contribution in [3.63, 3.8) is 0 Å². The molecule has 1 aromatic heterocycles. The minimum absolute atomic E-state index is 0.183. The highest BCUT2D eigenvalue weighted by atomic mass is 35.5. The van der Waals surface area contributed by atoms with E-state index >= 15 is 0 Å². The molecule has 0 saturated heterocycles. The number of rotatable bonds is 1. The number of carbonyl (C=O) groups is 1. The highest BCUT2D eigenvalue weighted by molar-refractivity contribution is 6.32. The van der Waals surface area contributed by atoms with Crippen LogP contribution < -0.4 is 5.56 Å². The third kappa shape index (κ3) is 2.62. The third-order valence-corrected chi connectivity index (χ3v) is 6.46. The van der Waals surface area contributed by atoms with Crippen molar-refractivity contribution < 1.29 is 4.79 Å². The van der Waals surface area contributed by atoms with Crippen LogP contribution in [0.2, 0.25) is 5.02 Å². The summed E-state index contributed by atoms with van der Waals surface area (Å²) in [6.07, 6.45) is 8.09. The number of ketones is 1. The lowest BCUT2D eigenvalue weighted by atomic mass is 9.83. The van der Waals surface area contributed by atoms with Crippen LogP contribution in [0.1, 0.15) is 72.6 Å². The molecule has 3 aromatic rings. The lowest BCUT2D eigenvalue weighted by Gasteiger charge is -2.23. The van der Waals surface area contributed by atoms with Gasteiger partial charge in [0.15, 0.2) is 5.82 Å². The molecule has 2 heterocycles. The lowest BCUT2D eigenvalue weighted by molar-refractivity contribution is 0.103. The molecule has 0 N–H and O–H groups in total. The number of benzene rings is 2. The highest BCUT2D eigenvalue weighted by Gasteiger charge is 2.35. The van der Waals surface area contributed by atoms with E-state index in [1.165, 1.54) is 23.8 Å². The second-order valence-electron chi connectivity index (χ2n) is 7.82. The first-order valence-electron chi connectivity index (χ1n) is 10.1. The van der Waals surface area contributed by atoms with Crippen molar-refractivity contribution in [3.8, 4) is 5.69 Å². The van der Waals surface area contributed by atoms with Crippen LogP contribution >= 0.6 is 11.6 Å². The number of hydrogen-bond acceptors (Lipinski definition) is 3. The molecule has 4 nitrogen and oxygen atoms in total. The predicted molar refractivity (Wildman–Crippen MR) is 111 cm³/mol. The zero-order valence-corrected chi connectivity index (χ0v) is 16.3. The van der Waals surface area contributed by atoms with Gasteiger partial charge in [0.1, 0.15) is 0 Å². The van der Waals surface area contributed by atoms with Gasteiger partial charge in [-0.05, 0) is 48.6 Å². The maximum Gasteiger partial charge on any atom is 0.266 e. The zero-order valence-electron chi connectivity index (χ0n) is 15.6. The van der Waals surface area contributed by atoms with Crippen LogP contribution in [0.5, 0.6) is 0 Å². The summed E-state index contributed by atoms with van der Waals surface area (Å²) in [6, 6.07) is 10.8. The number of aromatic nitrogens is 2. The van der Waals surface area contributed by atoms with E-state index in [2.05, 4.69) is 4.98 Å². The number of nitrogens with zero attached hydrogens (tertiary/aromatic N) is 2. The number of carbonyl (C=O) groups excluding carboxylic acids is 1. The van der Waals surface area contributed by atoms with Crippen molar-refractivity contribution in [2.24, 2.45) is 0 Å². The molecule has 2 aromatic carbocycles. The Morgan fingerprint density at radius 2 is 1.64 bits per heavy atom. The normalized spacial score (nSPS) is 17.2. The first kappa shape index (κ1) is 17.6. The topological polar surface area (TPSA) is 52.0 Å². The molecule has 0 atom stereocenters. The summed E-state index contributed by atoms with van der Waals surface area (Å²) >= 11 is 6.63. The van der Waals surface area contributed by atoms with Crippen LogP contribution in [-0.2, 0) is 0 Å². The lowest BCUT2D eigenvalue weighted by Crippen LogP contribution is -2.21. The van der Waals surface area contributed by atoms with Crippen molar-refractivity contribution >= 4 is 28.3 Å². The molecule has 2 aliphatic rings. The van der Waals surface area contributed by atoms with E-state index in [0.29, 0.717) is 27.2 Å². The minimum atomic E-state index is -0.196. The number of halogens is 1. The van der Waals surface area contributed by atoms with Crippen molar-refractivity contribution in [2.45, 2.75) is 50.9 Å². The van der Waals surface area contributed by atoms with Gasteiger partial charge >= 0.3 is 0 Å². The van der Waals surface area contributed by atoms with Gasteiger partial charge in [-0.25, -0.2) is 4.98 Å². The average Bonchev–Trinajstić information content (AvgIpc) is 2.95. The molecule has 0 spiro atoms. The molecule has 0 radical (unpaired) electrons. The summed E-state index contributed by atoms with van der Waals surface area (Å²) in [6.45, 7) is 0. The van der Waals surface area contributed by atoms with Gasteiger partial charge in [-0.1, -0.05) is 55.8 Å². The van der Waals surface area contributed by atoms with Crippen LogP contribution in [0.4, 0.5) is 0 Å². The fourth-order valence-electron chi connectivity index (χ4n) is 4.77. The van der Waals surface area contributed by atoms with Gasteiger partial charge in [0.05, 0.1) is 22.2 Å². The summed E-state index contributed by atoms with van der Waals surface area (Å²) in [5, 5.41) is 1.15. The molecular formula is C23H21ClN2O2. The van der Waals surface area contributed by atoms with Gasteiger partial charge in [-0.3, -0.25) is 14.2 Å². The van der Waals surface area contributed by atoms with Crippen molar-refractivity contribution in [3.05, 3.63) is 68.7 Å². The van der Waals surface area contributed by atoms with Crippen LogP contribution in [0.15, 0.2) is 41.2 Å². The maximum atomic E-state index is 13.4. The largest absolute Gasteiger partial charge is 0.285 e. The smallest absolute Gasteiger partial charge is 0.266 e. The van der Waals surface area contributed by atoms with Gasteiger partial charge < -0.3 is 0 Å². The van der Waals surface area contributed by atoms with E-state index in [4.69, 9.17) is 11.6 Å². The van der Waals surface area contributed by atoms with Crippen LogP contribution in [0, 0.1) is 0 Å². The summed E-state index contributed by atoms with van der Waals surface area (Å²) in [4.78, 5) is 31.0. The first-order valence-corrected chi connectivity index (χ1v) is 10.4. The quantitative estimate of drug-likeness (QED) is 0.435. The summed E-state index contributed by atoms with van der Waals surface area (Å²) in [5.41, 5.74) is 2.49. The number of hydrogen-bond donors (Lipinski definition) is 0. The van der Waals surface area contributed by atoms with Crippen LogP contribution in [-0.4, -0.2) is 15.3 Å². The molecule has 5 heteroatoms. The zero-order chi connectivity index (χ0) is 19.3. The standard InChI is InChI=1S/C23H21ClN2O2/c24-16-12-13-18-20(19(16)14-8-4-2-1-3-5-9-14)21(27)22-25-17-11-7-6-10-15(17)23(28)26(18)22/h6-7,10-14H,1-5,8-9H2. The maximum absolute atomic E-state index is 13.4. The fourth-order valence-corrected chi connectivity index (χ4v) is 5.08. The number of fused-ring (bicyclic) bond motifs is 4. The molecule has 0 bridgehead atoms. The summed E-state index contributed by atoms with van der Waals surface area (Å²) in [5.74, 6) is 0.275. The molecular weight excluding hydrogens is 372 g/mol. The minimum Gasteiger partial charge on any atom is -0.285 e. The second-order valence-corrected chi connectivity index (χ2v) is 8.23. The van der Waals surface area contributed by atoms with E-state index in [1.807, 2.05) is 18.2 Å². The molecule has 142 valence electrons. The Kier molecular flexibility index (Phi) is 4.31. The highest BCUT2D eigenvalue weighted by Crippen LogP contribution is 2.41. The predicted octanol–water partition coefficient (Wildman–Crippen LogP) is 5.41. The van der Waals surface area contributed by atoms with E-state index < -0.39 is 0 Å². The SMILES string of the molecule is O=C1c2c(ccc(Cl)c2C2CCCCCCC2)-n2c1nc1ccccc1c2=O. The van der Waals surface area contributed by atoms with Crippen LogP contribution in [0.3, 0.4) is 0 Å². The van der Waals surface area contributed by atoms with Crippen molar-refractivity contribution in [1.82, 2.24) is 9.55 Å². The fraction of sp³-hybridized carbons (Fsp3) is 0.348. The van der Waals surface area contributed by atoms with Gasteiger partial charge in [0.25, 0.3) is 5.56 Å². The van der Waals surface area contributed by atoms with Gasteiger partial charge in [0, 0.05) is 5.02 Å². The molecule has 0 amide bonds. The first-order chi connectivity index (χ1) is 13.7. The monoisotopic (exact) mass is 392 g/mol. The Morgan fingerprint density at radius 3 is 2.43 bits per heavy atom.